The summed E-state index contributed by atoms with van der Waals surface area (Å²) in [6.07, 6.45) is -0.584. The van der Waals surface area contributed by atoms with E-state index in [1.54, 1.807) is 0 Å². The first kappa shape index (κ1) is 15.6. The Morgan fingerprint density at radius 3 is 2.05 bits per heavy atom. The van der Waals surface area contributed by atoms with E-state index >= 15 is 0 Å². The van der Waals surface area contributed by atoms with Crippen LogP contribution >= 0.6 is 0 Å². The standard InChI is InChI=1S/C19H25NO/c1-19(2,3)16-11-9-14(10-12-16)18(21)15-7-6-8-17(13-15)20(4)5/h6-13,18,21H,1-5H3. The van der Waals surface area contributed by atoms with Crippen molar-refractivity contribution in [2.24, 2.45) is 0 Å². The zero-order chi connectivity index (χ0) is 15.6. The first-order valence-electron chi connectivity index (χ1n) is 7.35. The Labute approximate surface area is 128 Å². The summed E-state index contributed by atoms with van der Waals surface area (Å²) in [5.74, 6) is 0. The summed E-state index contributed by atoms with van der Waals surface area (Å²) in [6.45, 7) is 6.58. The molecule has 0 aliphatic heterocycles. The summed E-state index contributed by atoms with van der Waals surface area (Å²) in [7, 11) is 4.01. The quantitative estimate of drug-likeness (QED) is 0.915. The molecule has 1 atom stereocenters. The van der Waals surface area contributed by atoms with Crippen LogP contribution in [0.3, 0.4) is 0 Å². The van der Waals surface area contributed by atoms with Crippen molar-refractivity contribution >= 4 is 5.69 Å². The van der Waals surface area contributed by atoms with Gasteiger partial charge in [-0.25, -0.2) is 0 Å². The number of anilines is 1. The fourth-order valence-electron chi connectivity index (χ4n) is 2.33. The number of aliphatic hydroxyl groups excluding tert-OH is 1. The van der Waals surface area contributed by atoms with E-state index in [1.165, 1.54) is 5.56 Å². The molecule has 2 rings (SSSR count). The van der Waals surface area contributed by atoms with Crippen LogP contribution < -0.4 is 4.90 Å². The second-order valence-electron chi connectivity index (χ2n) is 6.76. The third kappa shape index (κ3) is 3.64. The van der Waals surface area contributed by atoms with Gasteiger partial charge in [0.25, 0.3) is 0 Å². The first-order valence-corrected chi connectivity index (χ1v) is 7.35. The number of hydrogen-bond acceptors (Lipinski definition) is 2. The van der Waals surface area contributed by atoms with Gasteiger partial charge in [-0.3, -0.25) is 0 Å². The molecule has 112 valence electrons. The molecule has 0 heterocycles. The summed E-state index contributed by atoms with van der Waals surface area (Å²) in [6, 6.07) is 16.3. The van der Waals surface area contributed by atoms with Gasteiger partial charge < -0.3 is 10.0 Å². The van der Waals surface area contributed by atoms with Crippen LogP contribution in [0.1, 0.15) is 43.6 Å². The predicted molar refractivity (Wildman–Crippen MR) is 90.0 cm³/mol. The van der Waals surface area contributed by atoms with Crippen molar-refractivity contribution in [1.29, 1.82) is 0 Å². The minimum absolute atomic E-state index is 0.133. The van der Waals surface area contributed by atoms with E-state index in [9.17, 15) is 5.11 Å². The molecule has 0 aliphatic carbocycles. The Morgan fingerprint density at radius 2 is 1.52 bits per heavy atom. The second kappa shape index (κ2) is 5.90. The molecule has 0 saturated carbocycles. The van der Waals surface area contributed by atoms with Gasteiger partial charge in [-0.2, -0.15) is 0 Å². The lowest BCUT2D eigenvalue weighted by Gasteiger charge is -2.20. The second-order valence-corrected chi connectivity index (χ2v) is 6.76. The van der Waals surface area contributed by atoms with Crippen molar-refractivity contribution in [3.8, 4) is 0 Å². The van der Waals surface area contributed by atoms with E-state index in [0.29, 0.717) is 0 Å². The third-order valence-corrected chi connectivity index (χ3v) is 3.79. The summed E-state index contributed by atoms with van der Waals surface area (Å²) in [5.41, 5.74) is 4.36. The maximum Gasteiger partial charge on any atom is 0.104 e. The number of benzene rings is 2. The van der Waals surface area contributed by atoms with Gasteiger partial charge in [0, 0.05) is 19.8 Å². The number of aliphatic hydroxyl groups is 1. The molecule has 0 amide bonds. The number of hydrogen-bond donors (Lipinski definition) is 1. The molecular formula is C19H25NO. The lowest BCUT2D eigenvalue weighted by atomic mass is 9.86. The van der Waals surface area contributed by atoms with Crippen molar-refractivity contribution in [1.82, 2.24) is 0 Å². The summed E-state index contributed by atoms with van der Waals surface area (Å²) >= 11 is 0. The molecule has 0 spiro atoms. The maximum atomic E-state index is 10.6. The average molecular weight is 283 g/mol. The third-order valence-electron chi connectivity index (χ3n) is 3.79. The van der Waals surface area contributed by atoms with E-state index in [2.05, 4.69) is 32.9 Å². The van der Waals surface area contributed by atoms with Crippen molar-refractivity contribution in [3.05, 3.63) is 65.2 Å². The highest BCUT2D eigenvalue weighted by Crippen LogP contribution is 2.28. The molecule has 1 unspecified atom stereocenters. The van der Waals surface area contributed by atoms with Crippen molar-refractivity contribution in [2.75, 3.05) is 19.0 Å². The lowest BCUT2D eigenvalue weighted by Crippen LogP contribution is -2.11. The van der Waals surface area contributed by atoms with Crippen molar-refractivity contribution in [3.63, 3.8) is 0 Å². The molecule has 0 bridgehead atoms. The van der Waals surface area contributed by atoms with E-state index in [-0.39, 0.29) is 5.41 Å². The molecule has 2 aromatic rings. The summed E-state index contributed by atoms with van der Waals surface area (Å²) in [4.78, 5) is 2.04. The van der Waals surface area contributed by atoms with Gasteiger partial charge in [-0.1, -0.05) is 57.2 Å². The molecule has 2 heteroatoms. The fourth-order valence-corrected chi connectivity index (χ4v) is 2.33. The molecule has 0 aromatic heterocycles. The van der Waals surface area contributed by atoms with E-state index < -0.39 is 6.10 Å². The molecular weight excluding hydrogens is 258 g/mol. The van der Waals surface area contributed by atoms with Gasteiger partial charge in [0.2, 0.25) is 0 Å². The van der Waals surface area contributed by atoms with Crippen LogP contribution in [0, 0.1) is 0 Å². The minimum Gasteiger partial charge on any atom is -0.384 e. The van der Waals surface area contributed by atoms with Crippen LogP contribution in [0.2, 0.25) is 0 Å². The molecule has 2 aromatic carbocycles. The summed E-state index contributed by atoms with van der Waals surface area (Å²) in [5, 5.41) is 10.6. The van der Waals surface area contributed by atoms with Crippen LogP contribution in [-0.2, 0) is 5.41 Å². The first-order chi connectivity index (χ1) is 9.79. The summed E-state index contributed by atoms with van der Waals surface area (Å²) < 4.78 is 0. The number of rotatable bonds is 3. The molecule has 0 aliphatic rings. The normalized spacial score (nSPS) is 13.0. The molecule has 0 radical (unpaired) electrons. The Balaban J connectivity index is 2.27. The largest absolute Gasteiger partial charge is 0.384 e. The number of nitrogens with zero attached hydrogens (tertiary/aromatic N) is 1. The Bertz CT molecular complexity index is 594. The maximum absolute atomic E-state index is 10.6. The molecule has 0 saturated heterocycles. The Hall–Kier alpha value is -1.80. The van der Waals surface area contributed by atoms with Crippen LogP contribution in [0.4, 0.5) is 5.69 Å². The molecule has 21 heavy (non-hydrogen) atoms. The van der Waals surface area contributed by atoms with E-state index in [1.807, 2.05) is 55.4 Å². The van der Waals surface area contributed by atoms with Gasteiger partial charge in [-0.05, 0) is 34.2 Å². The molecule has 1 N–H and O–H groups in total. The van der Waals surface area contributed by atoms with Crippen LogP contribution in [0.15, 0.2) is 48.5 Å². The van der Waals surface area contributed by atoms with E-state index in [0.717, 1.165) is 16.8 Å². The lowest BCUT2D eigenvalue weighted by molar-refractivity contribution is 0.220. The van der Waals surface area contributed by atoms with Gasteiger partial charge in [0.05, 0.1) is 0 Å². The van der Waals surface area contributed by atoms with Crippen LogP contribution in [0.5, 0.6) is 0 Å². The zero-order valence-electron chi connectivity index (χ0n) is 13.6. The van der Waals surface area contributed by atoms with Crippen molar-refractivity contribution < 1.29 is 5.11 Å². The smallest absolute Gasteiger partial charge is 0.104 e. The predicted octanol–water partition coefficient (Wildman–Crippen LogP) is 4.13. The SMILES string of the molecule is CN(C)c1cccc(C(O)c2ccc(C(C)(C)C)cc2)c1. The van der Waals surface area contributed by atoms with Gasteiger partial charge in [-0.15, -0.1) is 0 Å². The fraction of sp³-hybridized carbons (Fsp3) is 0.368. The Morgan fingerprint density at radius 1 is 0.905 bits per heavy atom. The monoisotopic (exact) mass is 283 g/mol. The van der Waals surface area contributed by atoms with Crippen LogP contribution in [0.25, 0.3) is 0 Å². The highest BCUT2D eigenvalue weighted by molar-refractivity contribution is 5.49. The highest BCUT2D eigenvalue weighted by Gasteiger charge is 2.15. The minimum atomic E-state index is -0.584. The molecule has 0 fully saturated rings. The average Bonchev–Trinajstić information content (AvgIpc) is 2.46. The topological polar surface area (TPSA) is 23.5 Å². The van der Waals surface area contributed by atoms with Gasteiger partial charge >= 0.3 is 0 Å². The van der Waals surface area contributed by atoms with Gasteiger partial charge in [0.1, 0.15) is 6.10 Å². The molecule has 2 nitrogen and oxygen atoms in total. The zero-order valence-corrected chi connectivity index (χ0v) is 13.6. The van der Waals surface area contributed by atoms with Crippen molar-refractivity contribution in [2.45, 2.75) is 32.3 Å². The highest BCUT2D eigenvalue weighted by atomic mass is 16.3. The van der Waals surface area contributed by atoms with Crippen LogP contribution in [-0.4, -0.2) is 19.2 Å². The Kier molecular flexibility index (Phi) is 4.38. The van der Waals surface area contributed by atoms with Gasteiger partial charge in [0.15, 0.2) is 0 Å². The van der Waals surface area contributed by atoms with E-state index in [4.69, 9.17) is 0 Å².